The molecule has 0 aliphatic rings. The predicted molar refractivity (Wildman–Crippen MR) is 106 cm³/mol. The summed E-state index contributed by atoms with van der Waals surface area (Å²) in [7, 11) is 0. The van der Waals surface area contributed by atoms with Gasteiger partial charge in [-0.15, -0.1) is 0 Å². The maximum absolute atomic E-state index is 11.6. The van der Waals surface area contributed by atoms with Crippen LogP contribution >= 0.6 is 0 Å². The molecule has 0 amide bonds. The Morgan fingerprint density at radius 3 is 2.41 bits per heavy atom. The largest absolute Gasteiger partial charge is 0.491 e. The summed E-state index contributed by atoms with van der Waals surface area (Å²) in [5.41, 5.74) is 7.09. The van der Waals surface area contributed by atoms with Gasteiger partial charge in [-0.05, 0) is 30.3 Å². The molecule has 0 fully saturated rings. The van der Waals surface area contributed by atoms with Gasteiger partial charge in [0.15, 0.2) is 0 Å². The van der Waals surface area contributed by atoms with Crippen molar-refractivity contribution in [3.05, 3.63) is 71.0 Å². The lowest BCUT2D eigenvalue weighted by Gasteiger charge is -2.11. The van der Waals surface area contributed by atoms with Crippen molar-refractivity contribution >= 4 is 27.6 Å². The van der Waals surface area contributed by atoms with Crippen molar-refractivity contribution in [2.45, 2.75) is 6.42 Å². The van der Waals surface area contributed by atoms with Gasteiger partial charge in [0.05, 0.1) is 18.7 Å². The van der Waals surface area contributed by atoms with E-state index in [0.717, 1.165) is 16.3 Å². The summed E-state index contributed by atoms with van der Waals surface area (Å²) in [6, 6.07) is 18.4. The van der Waals surface area contributed by atoms with Crippen LogP contribution in [0.5, 0.6) is 11.5 Å². The first-order valence-corrected chi connectivity index (χ1v) is 8.74. The van der Waals surface area contributed by atoms with Gasteiger partial charge in [0.25, 0.3) is 0 Å². The van der Waals surface area contributed by atoms with Crippen molar-refractivity contribution in [2.24, 2.45) is 0 Å². The lowest BCUT2D eigenvalue weighted by Crippen LogP contribution is -2.07. The second-order valence-electron chi connectivity index (χ2n) is 6.16. The van der Waals surface area contributed by atoms with Crippen molar-refractivity contribution in [2.75, 3.05) is 18.9 Å². The van der Waals surface area contributed by atoms with Gasteiger partial charge in [-0.1, -0.05) is 24.3 Å². The first-order chi connectivity index (χ1) is 13.2. The molecule has 2 aromatic carbocycles. The first kappa shape index (κ1) is 16.9. The molecule has 2 aromatic heterocycles. The molecular weight excluding hydrogens is 342 g/mol. The van der Waals surface area contributed by atoms with Gasteiger partial charge in [0, 0.05) is 23.3 Å². The summed E-state index contributed by atoms with van der Waals surface area (Å²) in [4.78, 5) is 18.7. The molecule has 0 radical (unpaired) electrons. The summed E-state index contributed by atoms with van der Waals surface area (Å²) in [5.74, 6) is 1.82. The molecular formula is C21H19N3O3. The zero-order valence-electron chi connectivity index (χ0n) is 14.6. The number of fused-ring (bicyclic) bond motifs is 2. The molecule has 6 nitrogen and oxygen atoms in total. The number of anilines is 1. The maximum Gasteiger partial charge on any atom is 0.248 e. The predicted octanol–water partition coefficient (Wildman–Crippen LogP) is 3.51. The van der Waals surface area contributed by atoms with Crippen LogP contribution in [0.3, 0.4) is 0 Å². The van der Waals surface area contributed by atoms with Crippen molar-refractivity contribution < 1.29 is 9.47 Å². The molecule has 0 atom stereocenters. The highest BCUT2D eigenvalue weighted by Crippen LogP contribution is 2.25. The van der Waals surface area contributed by atoms with Crippen molar-refractivity contribution in [3.63, 3.8) is 0 Å². The van der Waals surface area contributed by atoms with Crippen molar-refractivity contribution in [3.8, 4) is 11.5 Å². The molecule has 0 bridgehead atoms. The zero-order valence-corrected chi connectivity index (χ0v) is 14.6. The lowest BCUT2D eigenvalue weighted by molar-refractivity contribution is 0.250. The van der Waals surface area contributed by atoms with Crippen LogP contribution in [0.25, 0.3) is 21.8 Å². The molecule has 0 saturated heterocycles. The molecule has 3 N–H and O–H groups in total. The third-order valence-corrected chi connectivity index (χ3v) is 4.23. The van der Waals surface area contributed by atoms with Crippen molar-refractivity contribution in [1.82, 2.24) is 9.97 Å². The second-order valence-corrected chi connectivity index (χ2v) is 6.16. The van der Waals surface area contributed by atoms with E-state index in [4.69, 9.17) is 15.2 Å². The van der Waals surface area contributed by atoms with Gasteiger partial charge in [0.2, 0.25) is 5.56 Å². The summed E-state index contributed by atoms with van der Waals surface area (Å²) >= 11 is 0. The Hall–Kier alpha value is -3.54. The molecule has 6 heteroatoms. The summed E-state index contributed by atoms with van der Waals surface area (Å²) in [6.45, 7) is 0.952. The molecule has 0 unspecified atom stereocenters. The van der Waals surface area contributed by atoms with E-state index in [1.165, 1.54) is 6.07 Å². The van der Waals surface area contributed by atoms with Gasteiger partial charge in [-0.3, -0.25) is 4.79 Å². The Morgan fingerprint density at radius 2 is 1.56 bits per heavy atom. The van der Waals surface area contributed by atoms with E-state index in [1.807, 2.05) is 42.5 Å². The minimum absolute atomic E-state index is 0.149. The average Bonchev–Trinajstić information content (AvgIpc) is 2.68. The van der Waals surface area contributed by atoms with Crippen LogP contribution in [-0.2, 0) is 0 Å². The van der Waals surface area contributed by atoms with Gasteiger partial charge in [-0.2, -0.15) is 0 Å². The van der Waals surface area contributed by atoms with Gasteiger partial charge in [-0.25, -0.2) is 4.98 Å². The Balaban J connectivity index is 1.38. The molecule has 4 rings (SSSR count). The number of nitrogens with two attached hydrogens (primary N) is 1. The molecule has 2 heterocycles. The van der Waals surface area contributed by atoms with Crippen LogP contribution in [0, 0.1) is 0 Å². The number of ether oxygens (including phenoxy) is 2. The molecule has 27 heavy (non-hydrogen) atoms. The molecule has 136 valence electrons. The Labute approximate surface area is 155 Å². The Bertz CT molecular complexity index is 1150. The topological polar surface area (TPSA) is 90.2 Å². The number of aromatic nitrogens is 2. The fraction of sp³-hybridized carbons (Fsp3) is 0.143. The normalized spacial score (nSPS) is 11.0. The highest BCUT2D eigenvalue weighted by atomic mass is 16.5. The number of nitrogens with one attached hydrogen (secondary N) is 1. The van der Waals surface area contributed by atoms with Crippen LogP contribution in [0.4, 0.5) is 5.82 Å². The summed E-state index contributed by atoms with van der Waals surface area (Å²) < 4.78 is 11.7. The number of para-hydroxylation sites is 2. The third kappa shape index (κ3) is 3.69. The number of pyridine rings is 2. The first-order valence-electron chi connectivity index (χ1n) is 8.74. The van der Waals surface area contributed by atoms with E-state index in [9.17, 15) is 4.79 Å². The highest BCUT2D eigenvalue weighted by Gasteiger charge is 2.05. The molecule has 4 aromatic rings. The van der Waals surface area contributed by atoms with Crippen LogP contribution in [0.15, 0.2) is 65.5 Å². The number of hydrogen-bond acceptors (Lipinski definition) is 5. The standard InChI is InChI=1S/C21H19N3O3/c22-18-10-8-14-4-1-6-16(20(14)23-18)26-12-3-13-27-17-7-2-5-15-9-11-19(25)24-21(15)17/h1-2,4-11H,3,12-13H2,(H2,22,23)(H,24,25). The molecule has 0 spiro atoms. The van der Waals surface area contributed by atoms with E-state index >= 15 is 0 Å². The SMILES string of the molecule is Nc1ccc2cccc(OCCCOc3cccc4ccc(=O)[nH]c34)c2n1. The molecule has 0 saturated carbocycles. The van der Waals surface area contributed by atoms with Crippen molar-refractivity contribution in [1.29, 1.82) is 0 Å². The maximum atomic E-state index is 11.6. The highest BCUT2D eigenvalue weighted by molar-refractivity contribution is 5.85. The number of rotatable bonds is 6. The number of nitrogens with zero attached hydrogens (tertiary/aromatic N) is 1. The third-order valence-electron chi connectivity index (χ3n) is 4.23. The van der Waals surface area contributed by atoms with E-state index in [-0.39, 0.29) is 5.56 Å². The van der Waals surface area contributed by atoms with Crippen LogP contribution in [0.1, 0.15) is 6.42 Å². The number of hydrogen-bond donors (Lipinski definition) is 2. The molecule has 0 aliphatic heterocycles. The van der Waals surface area contributed by atoms with Gasteiger partial charge >= 0.3 is 0 Å². The fourth-order valence-corrected chi connectivity index (χ4v) is 2.95. The molecule has 0 aliphatic carbocycles. The quantitative estimate of drug-likeness (QED) is 0.513. The van der Waals surface area contributed by atoms with Crippen LogP contribution in [-0.4, -0.2) is 23.2 Å². The van der Waals surface area contributed by atoms with E-state index in [0.29, 0.717) is 42.5 Å². The minimum Gasteiger partial charge on any atom is -0.491 e. The smallest absolute Gasteiger partial charge is 0.248 e. The summed E-state index contributed by atoms with van der Waals surface area (Å²) in [6.07, 6.45) is 0.687. The van der Waals surface area contributed by atoms with E-state index in [2.05, 4.69) is 9.97 Å². The number of nitrogen functional groups attached to an aromatic ring is 1. The van der Waals surface area contributed by atoms with Gasteiger partial charge < -0.3 is 20.2 Å². The van der Waals surface area contributed by atoms with Crippen LogP contribution in [0.2, 0.25) is 0 Å². The Morgan fingerprint density at radius 1 is 0.852 bits per heavy atom. The monoisotopic (exact) mass is 361 g/mol. The zero-order chi connectivity index (χ0) is 18.6. The lowest BCUT2D eigenvalue weighted by atomic mass is 10.2. The van der Waals surface area contributed by atoms with E-state index in [1.54, 1.807) is 12.1 Å². The van der Waals surface area contributed by atoms with Crippen LogP contribution < -0.4 is 20.8 Å². The van der Waals surface area contributed by atoms with E-state index < -0.39 is 0 Å². The second kappa shape index (κ2) is 7.37. The number of aromatic amines is 1. The summed E-state index contributed by atoms with van der Waals surface area (Å²) in [5, 5.41) is 1.92. The Kier molecular flexibility index (Phi) is 4.61. The average molecular weight is 361 g/mol. The minimum atomic E-state index is -0.149. The van der Waals surface area contributed by atoms with Gasteiger partial charge in [0.1, 0.15) is 22.8 Å². The fourth-order valence-electron chi connectivity index (χ4n) is 2.95. The number of benzene rings is 2. The number of H-pyrrole nitrogens is 1.